The highest BCUT2D eigenvalue weighted by Crippen LogP contribution is 2.28. The summed E-state index contributed by atoms with van der Waals surface area (Å²) in [7, 11) is 3.17. The number of nitrogens with one attached hydrogen (secondary N) is 2. The molecule has 0 aliphatic heterocycles. The summed E-state index contributed by atoms with van der Waals surface area (Å²) in [5, 5.41) is 12.2. The normalized spacial score (nSPS) is 7.53. The van der Waals surface area contributed by atoms with Gasteiger partial charge in [-0.2, -0.15) is 0 Å². The molecular formula is C12H21N3O2. The molecule has 5 heteroatoms. The lowest BCUT2D eigenvalue weighted by atomic mass is 10.3. The molecule has 0 amide bonds. The molecule has 0 fully saturated rings. The molecule has 0 aliphatic rings. The first kappa shape index (κ1) is 17.4. The third-order valence-electron chi connectivity index (χ3n) is 1.49. The van der Waals surface area contributed by atoms with Gasteiger partial charge >= 0.3 is 0 Å². The Morgan fingerprint density at radius 2 is 1.47 bits per heavy atom. The molecular weight excluding hydrogens is 218 g/mol. The van der Waals surface area contributed by atoms with Gasteiger partial charge in [0, 0.05) is 24.2 Å². The highest BCUT2D eigenvalue weighted by molar-refractivity contribution is 6.12. The summed E-state index contributed by atoms with van der Waals surface area (Å²) >= 11 is 0. The van der Waals surface area contributed by atoms with Gasteiger partial charge < -0.3 is 26.0 Å². The van der Waals surface area contributed by atoms with Crippen molar-refractivity contribution in [2.24, 2.45) is 0 Å². The largest absolute Gasteiger partial charge is 0.493 e. The summed E-state index contributed by atoms with van der Waals surface area (Å²) in [5.41, 5.74) is 6.19. The van der Waals surface area contributed by atoms with E-state index in [2.05, 4.69) is 0 Å². The standard InChI is InChI=1S/C8H11NO2.C2H4N2.C2H6/c1-10-7-4-3-6(9)5-8(7)11-2;3-1-2-4;1-2/h3-5H,9H2,1-2H3;1-4H;1-2H3. The van der Waals surface area contributed by atoms with Crippen molar-refractivity contribution in [1.29, 1.82) is 10.8 Å². The van der Waals surface area contributed by atoms with Crippen LogP contribution in [0.1, 0.15) is 13.8 Å². The number of nitrogens with two attached hydrogens (primary N) is 1. The lowest BCUT2D eigenvalue weighted by molar-refractivity contribution is 0.355. The molecule has 1 aromatic carbocycles. The molecule has 96 valence electrons. The number of benzene rings is 1. The van der Waals surface area contributed by atoms with E-state index < -0.39 is 0 Å². The SMILES string of the molecule is CC.COc1ccc(N)cc1OC.N=CC=N. The number of anilines is 1. The van der Waals surface area contributed by atoms with Crippen molar-refractivity contribution < 1.29 is 9.47 Å². The third kappa shape index (κ3) is 7.84. The van der Waals surface area contributed by atoms with Gasteiger partial charge in [0.25, 0.3) is 0 Å². The number of methoxy groups -OCH3 is 2. The maximum atomic E-state index is 6.08. The van der Waals surface area contributed by atoms with Crippen LogP contribution in [0.25, 0.3) is 0 Å². The minimum atomic E-state index is 0.660. The van der Waals surface area contributed by atoms with Gasteiger partial charge in [0.15, 0.2) is 11.5 Å². The smallest absolute Gasteiger partial charge is 0.162 e. The Balaban J connectivity index is 0. The van der Waals surface area contributed by atoms with Crippen molar-refractivity contribution in [1.82, 2.24) is 0 Å². The molecule has 0 atom stereocenters. The number of nitrogen functional groups attached to an aromatic ring is 1. The van der Waals surface area contributed by atoms with Gasteiger partial charge in [0.2, 0.25) is 0 Å². The van der Waals surface area contributed by atoms with Gasteiger partial charge in [0.05, 0.1) is 14.2 Å². The average Bonchev–Trinajstić information content (AvgIpc) is 2.41. The van der Waals surface area contributed by atoms with Crippen LogP contribution in [0, 0.1) is 10.8 Å². The first-order valence-electron chi connectivity index (χ1n) is 5.16. The topological polar surface area (TPSA) is 92.2 Å². The van der Waals surface area contributed by atoms with Crippen molar-refractivity contribution in [3.05, 3.63) is 18.2 Å². The summed E-state index contributed by atoms with van der Waals surface area (Å²) in [5.74, 6) is 1.36. The Morgan fingerprint density at radius 1 is 1.00 bits per heavy atom. The van der Waals surface area contributed by atoms with Crippen molar-refractivity contribution >= 4 is 18.1 Å². The summed E-state index contributed by atoms with van der Waals surface area (Å²) in [6, 6.07) is 5.26. The first-order valence-corrected chi connectivity index (χ1v) is 5.16. The van der Waals surface area contributed by atoms with Crippen LogP contribution in [0.2, 0.25) is 0 Å². The van der Waals surface area contributed by atoms with Gasteiger partial charge in [-0.15, -0.1) is 0 Å². The molecule has 0 aliphatic carbocycles. The van der Waals surface area contributed by atoms with Crippen LogP contribution < -0.4 is 15.2 Å². The molecule has 17 heavy (non-hydrogen) atoms. The molecule has 0 saturated heterocycles. The van der Waals surface area contributed by atoms with E-state index in [-0.39, 0.29) is 0 Å². The Morgan fingerprint density at radius 3 is 1.82 bits per heavy atom. The molecule has 0 heterocycles. The van der Waals surface area contributed by atoms with E-state index in [1.54, 1.807) is 32.4 Å². The van der Waals surface area contributed by atoms with E-state index >= 15 is 0 Å². The van der Waals surface area contributed by atoms with Gasteiger partial charge in [-0.3, -0.25) is 0 Å². The lowest BCUT2D eigenvalue weighted by Gasteiger charge is -2.06. The molecule has 0 saturated carbocycles. The maximum absolute atomic E-state index is 6.08. The second-order valence-electron chi connectivity index (χ2n) is 2.45. The fourth-order valence-electron chi connectivity index (χ4n) is 0.853. The Kier molecular flexibility index (Phi) is 12.3. The molecule has 0 bridgehead atoms. The van der Waals surface area contributed by atoms with Gasteiger partial charge in [0.1, 0.15) is 0 Å². The fraction of sp³-hybridized carbons (Fsp3) is 0.333. The van der Waals surface area contributed by atoms with Crippen molar-refractivity contribution in [3.63, 3.8) is 0 Å². The summed E-state index contributed by atoms with van der Waals surface area (Å²) in [6.45, 7) is 4.00. The summed E-state index contributed by atoms with van der Waals surface area (Å²) in [6.07, 6.45) is 1.83. The molecule has 5 nitrogen and oxygen atoms in total. The highest BCUT2D eigenvalue weighted by atomic mass is 16.5. The van der Waals surface area contributed by atoms with Gasteiger partial charge in [-0.1, -0.05) is 13.8 Å². The number of hydrogen-bond donors (Lipinski definition) is 3. The molecule has 0 unspecified atom stereocenters. The number of hydrogen-bond acceptors (Lipinski definition) is 5. The predicted octanol–water partition coefficient (Wildman–Crippen LogP) is 2.60. The quantitative estimate of drug-likeness (QED) is 0.559. The molecule has 4 N–H and O–H groups in total. The van der Waals surface area contributed by atoms with E-state index in [0.717, 1.165) is 12.4 Å². The zero-order chi connectivity index (χ0) is 13.7. The van der Waals surface area contributed by atoms with Crippen LogP contribution in [-0.4, -0.2) is 26.6 Å². The van der Waals surface area contributed by atoms with Gasteiger partial charge in [-0.25, -0.2) is 0 Å². The van der Waals surface area contributed by atoms with E-state index in [0.29, 0.717) is 17.2 Å². The van der Waals surface area contributed by atoms with Crippen molar-refractivity contribution in [2.45, 2.75) is 13.8 Å². The Labute approximate surface area is 103 Å². The van der Waals surface area contributed by atoms with Crippen LogP contribution in [0.4, 0.5) is 5.69 Å². The molecule has 1 aromatic rings. The summed E-state index contributed by atoms with van der Waals surface area (Å²) in [4.78, 5) is 0. The second-order valence-corrected chi connectivity index (χ2v) is 2.45. The lowest BCUT2D eigenvalue weighted by Crippen LogP contribution is -1.92. The van der Waals surface area contributed by atoms with Crippen LogP contribution in [-0.2, 0) is 0 Å². The third-order valence-corrected chi connectivity index (χ3v) is 1.49. The van der Waals surface area contributed by atoms with Gasteiger partial charge in [-0.05, 0) is 12.1 Å². The predicted molar refractivity (Wildman–Crippen MR) is 72.9 cm³/mol. The molecule has 0 radical (unpaired) electrons. The zero-order valence-electron chi connectivity index (χ0n) is 10.8. The minimum absolute atomic E-state index is 0.660. The summed E-state index contributed by atoms with van der Waals surface area (Å²) < 4.78 is 10.0. The Bertz CT molecular complexity index is 322. The average molecular weight is 239 g/mol. The van der Waals surface area contributed by atoms with Crippen LogP contribution in [0.5, 0.6) is 11.5 Å². The number of ether oxygens (including phenoxy) is 2. The molecule has 0 aromatic heterocycles. The zero-order valence-corrected chi connectivity index (χ0v) is 10.8. The Hall–Kier alpha value is -2.04. The van der Waals surface area contributed by atoms with E-state index in [4.69, 9.17) is 26.0 Å². The van der Waals surface area contributed by atoms with Crippen LogP contribution >= 0.6 is 0 Å². The van der Waals surface area contributed by atoms with Crippen molar-refractivity contribution in [2.75, 3.05) is 20.0 Å². The van der Waals surface area contributed by atoms with Crippen LogP contribution in [0.3, 0.4) is 0 Å². The molecule has 0 spiro atoms. The van der Waals surface area contributed by atoms with Crippen LogP contribution in [0.15, 0.2) is 18.2 Å². The fourth-order valence-corrected chi connectivity index (χ4v) is 0.853. The highest BCUT2D eigenvalue weighted by Gasteiger charge is 2.00. The monoisotopic (exact) mass is 239 g/mol. The van der Waals surface area contributed by atoms with Crippen molar-refractivity contribution in [3.8, 4) is 11.5 Å². The second kappa shape index (κ2) is 12.0. The van der Waals surface area contributed by atoms with E-state index in [9.17, 15) is 0 Å². The molecule has 1 rings (SSSR count). The first-order chi connectivity index (χ1) is 8.19. The van der Waals surface area contributed by atoms with E-state index in [1.165, 1.54) is 0 Å². The maximum Gasteiger partial charge on any atom is 0.162 e. The number of rotatable bonds is 3. The minimum Gasteiger partial charge on any atom is -0.493 e. The van der Waals surface area contributed by atoms with E-state index in [1.807, 2.05) is 13.8 Å².